The van der Waals surface area contributed by atoms with Gasteiger partial charge in [-0.15, -0.1) is 0 Å². The van der Waals surface area contributed by atoms with Gasteiger partial charge in [0, 0.05) is 17.4 Å². The third-order valence-electron chi connectivity index (χ3n) is 3.38. The van der Waals surface area contributed by atoms with Crippen LogP contribution in [0.25, 0.3) is 0 Å². The zero-order chi connectivity index (χ0) is 20.2. The fourth-order valence-corrected chi connectivity index (χ4v) is 2.29. The van der Waals surface area contributed by atoms with Gasteiger partial charge in [-0.1, -0.05) is 18.2 Å². The number of rotatable bonds is 4. The van der Waals surface area contributed by atoms with Crippen molar-refractivity contribution in [2.75, 3.05) is 5.32 Å². The molecule has 1 aromatic heterocycles. The van der Waals surface area contributed by atoms with E-state index in [-0.39, 0.29) is 17.7 Å². The molecular formula is C19H20F3N3O2. The van der Waals surface area contributed by atoms with Gasteiger partial charge >= 0.3 is 6.18 Å². The van der Waals surface area contributed by atoms with E-state index < -0.39 is 29.1 Å². The smallest absolute Gasteiger partial charge is 0.346 e. The van der Waals surface area contributed by atoms with Crippen LogP contribution < -0.4 is 10.6 Å². The molecule has 27 heavy (non-hydrogen) atoms. The minimum absolute atomic E-state index is 0.127. The molecule has 5 nitrogen and oxygen atoms in total. The molecule has 0 radical (unpaired) electrons. The predicted octanol–water partition coefficient (Wildman–Crippen LogP) is 3.81. The monoisotopic (exact) mass is 379 g/mol. The second kappa shape index (κ2) is 7.77. The van der Waals surface area contributed by atoms with Crippen LogP contribution in [0.1, 0.15) is 42.4 Å². The molecule has 0 fully saturated rings. The van der Waals surface area contributed by atoms with Gasteiger partial charge in [-0.05, 0) is 44.5 Å². The summed E-state index contributed by atoms with van der Waals surface area (Å²) in [5, 5.41) is 5.32. The Bertz CT molecular complexity index is 843. The lowest BCUT2D eigenvalue weighted by atomic mass is 10.1. The topological polar surface area (TPSA) is 71.1 Å². The molecule has 2 rings (SSSR count). The molecule has 0 bridgehead atoms. The van der Waals surface area contributed by atoms with Gasteiger partial charge in [0.25, 0.3) is 5.91 Å². The van der Waals surface area contributed by atoms with E-state index in [1.165, 1.54) is 30.5 Å². The number of aromatic nitrogens is 1. The fraction of sp³-hybridized carbons (Fsp3) is 0.316. The van der Waals surface area contributed by atoms with Gasteiger partial charge in [-0.25, -0.2) is 0 Å². The Balaban J connectivity index is 2.06. The van der Waals surface area contributed by atoms with E-state index in [2.05, 4.69) is 15.6 Å². The maximum Gasteiger partial charge on any atom is 0.416 e. The Hall–Kier alpha value is -2.90. The molecule has 0 spiro atoms. The molecule has 0 aliphatic heterocycles. The summed E-state index contributed by atoms with van der Waals surface area (Å²) in [7, 11) is 0. The van der Waals surface area contributed by atoms with Crippen LogP contribution in [0.5, 0.6) is 0 Å². The first-order valence-electron chi connectivity index (χ1n) is 8.18. The Morgan fingerprint density at radius 2 is 1.78 bits per heavy atom. The fourth-order valence-electron chi connectivity index (χ4n) is 2.29. The van der Waals surface area contributed by atoms with Crippen molar-refractivity contribution in [2.24, 2.45) is 0 Å². The number of amides is 2. The van der Waals surface area contributed by atoms with Crippen LogP contribution in [-0.2, 0) is 17.4 Å². The summed E-state index contributed by atoms with van der Waals surface area (Å²) < 4.78 is 38.2. The number of anilines is 1. The highest BCUT2D eigenvalue weighted by molar-refractivity contribution is 5.96. The molecule has 2 amide bonds. The van der Waals surface area contributed by atoms with Crippen molar-refractivity contribution in [2.45, 2.75) is 38.9 Å². The van der Waals surface area contributed by atoms with E-state index in [1.54, 1.807) is 0 Å². The number of carbonyl (C=O) groups excluding carboxylic acids is 2. The summed E-state index contributed by atoms with van der Waals surface area (Å²) in [5.74, 6) is -0.890. The largest absolute Gasteiger partial charge is 0.416 e. The van der Waals surface area contributed by atoms with Gasteiger partial charge in [0.15, 0.2) is 0 Å². The van der Waals surface area contributed by atoms with E-state index in [9.17, 15) is 22.8 Å². The Morgan fingerprint density at radius 3 is 2.41 bits per heavy atom. The van der Waals surface area contributed by atoms with Crippen molar-refractivity contribution >= 4 is 17.5 Å². The molecule has 1 heterocycles. The highest BCUT2D eigenvalue weighted by Gasteiger charge is 2.30. The van der Waals surface area contributed by atoms with Gasteiger partial charge in [0.1, 0.15) is 5.69 Å². The van der Waals surface area contributed by atoms with Crippen molar-refractivity contribution in [3.63, 3.8) is 0 Å². The molecule has 0 unspecified atom stereocenters. The zero-order valence-corrected chi connectivity index (χ0v) is 15.1. The van der Waals surface area contributed by atoms with Gasteiger partial charge in [0.2, 0.25) is 5.91 Å². The van der Waals surface area contributed by atoms with Crippen molar-refractivity contribution in [1.82, 2.24) is 10.3 Å². The summed E-state index contributed by atoms with van der Waals surface area (Å²) >= 11 is 0. The molecule has 2 aromatic rings. The molecular weight excluding hydrogens is 359 g/mol. The van der Waals surface area contributed by atoms with E-state index >= 15 is 0 Å². The van der Waals surface area contributed by atoms with Gasteiger partial charge in [0.05, 0.1) is 12.0 Å². The molecule has 0 atom stereocenters. The first-order valence-corrected chi connectivity index (χ1v) is 8.18. The Morgan fingerprint density at radius 1 is 1.07 bits per heavy atom. The van der Waals surface area contributed by atoms with Gasteiger partial charge in [-0.2, -0.15) is 13.2 Å². The number of nitrogens with zero attached hydrogens (tertiary/aromatic N) is 1. The molecule has 0 saturated carbocycles. The van der Waals surface area contributed by atoms with Crippen molar-refractivity contribution < 1.29 is 22.8 Å². The number of benzene rings is 1. The predicted molar refractivity (Wildman–Crippen MR) is 95.2 cm³/mol. The average Bonchev–Trinajstić information content (AvgIpc) is 2.53. The quantitative estimate of drug-likeness (QED) is 0.849. The lowest BCUT2D eigenvalue weighted by molar-refractivity contribution is -0.137. The zero-order valence-electron chi connectivity index (χ0n) is 15.1. The summed E-state index contributed by atoms with van der Waals surface area (Å²) in [6, 6.07) is 7.50. The lowest BCUT2D eigenvalue weighted by Crippen LogP contribution is -2.40. The van der Waals surface area contributed by atoms with Crippen LogP contribution in [0.3, 0.4) is 0 Å². The molecule has 2 N–H and O–H groups in total. The molecule has 0 saturated heterocycles. The third kappa shape index (κ3) is 6.40. The minimum Gasteiger partial charge on any atom is -0.346 e. The van der Waals surface area contributed by atoms with Crippen LogP contribution in [0.15, 0.2) is 42.6 Å². The van der Waals surface area contributed by atoms with Crippen LogP contribution in [-0.4, -0.2) is 22.3 Å². The molecule has 1 aromatic carbocycles. The number of pyridine rings is 1. The normalized spacial score (nSPS) is 11.8. The van der Waals surface area contributed by atoms with E-state index in [1.807, 2.05) is 20.8 Å². The van der Waals surface area contributed by atoms with Crippen LogP contribution in [0.4, 0.5) is 18.9 Å². The highest BCUT2D eigenvalue weighted by Crippen LogP contribution is 2.29. The van der Waals surface area contributed by atoms with E-state index in [0.29, 0.717) is 5.69 Å². The SMILES string of the molecule is CC(C)(C)NC(=O)c1cc(NC(=O)Cc2cccc(C(F)(F)F)c2)ccn1. The summed E-state index contributed by atoms with van der Waals surface area (Å²) in [4.78, 5) is 28.2. The molecule has 0 aliphatic rings. The first kappa shape index (κ1) is 20.4. The summed E-state index contributed by atoms with van der Waals surface area (Å²) in [6.07, 6.45) is -3.32. The van der Waals surface area contributed by atoms with E-state index in [4.69, 9.17) is 0 Å². The summed E-state index contributed by atoms with van der Waals surface area (Å²) in [6.45, 7) is 5.47. The van der Waals surface area contributed by atoms with Gasteiger partial charge in [-0.3, -0.25) is 14.6 Å². The maximum atomic E-state index is 12.7. The molecule has 0 aliphatic carbocycles. The Labute approximate surface area is 155 Å². The van der Waals surface area contributed by atoms with E-state index in [0.717, 1.165) is 12.1 Å². The van der Waals surface area contributed by atoms with Crippen molar-refractivity contribution in [3.05, 3.63) is 59.4 Å². The second-order valence-corrected chi connectivity index (χ2v) is 7.06. The number of hydrogen-bond acceptors (Lipinski definition) is 3. The number of alkyl halides is 3. The number of carbonyl (C=O) groups is 2. The van der Waals surface area contributed by atoms with Gasteiger partial charge < -0.3 is 10.6 Å². The standard InChI is InChI=1S/C19H20F3N3O2/c1-18(2,3)25-17(27)15-11-14(7-8-23-15)24-16(26)10-12-5-4-6-13(9-12)19(20,21)22/h4-9,11H,10H2,1-3H3,(H,25,27)(H,23,24,26). The number of halogens is 3. The van der Waals surface area contributed by atoms with Crippen molar-refractivity contribution in [3.8, 4) is 0 Å². The van der Waals surface area contributed by atoms with Crippen LogP contribution in [0.2, 0.25) is 0 Å². The first-order chi connectivity index (χ1) is 12.4. The van der Waals surface area contributed by atoms with Crippen LogP contribution >= 0.6 is 0 Å². The lowest BCUT2D eigenvalue weighted by Gasteiger charge is -2.20. The third-order valence-corrected chi connectivity index (χ3v) is 3.38. The maximum absolute atomic E-state index is 12.7. The second-order valence-electron chi connectivity index (χ2n) is 7.06. The Kier molecular flexibility index (Phi) is 5.88. The number of nitrogens with one attached hydrogen (secondary N) is 2. The molecule has 144 valence electrons. The minimum atomic E-state index is -4.47. The summed E-state index contributed by atoms with van der Waals surface area (Å²) in [5.41, 5.74) is -0.551. The van der Waals surface area contributed by atoms with Crippen molar-refractivity contribution in [1.29, 1.82) is 0 Å². The highest BCUT2D eigenvalue weighted by atomic mass is 19.4. The van der Waals surface area contributed by atoms with Crippen LogP contribution in [0, 0.1) is 0 Å². The molecule has 8 heteroatoms. The number of hydrogen-bond donors (Lipinski definition) is 2. The average molecular weight is 379 g/mol.